The molecule has 0 saturated carbocycles. The number of nitrogens with one attached hydrogen (secondary N) is 2. The van der Waals surface area contributed by atoms with Gasteiger partial charge in [-0.1, -0.05) is 6.07 Å². The van der Waals surface area contributed by atoms with Gasteiger partial charge in [-0.05, 0) is 68.7 Å². The van der Waals surface area contributed by atoms with E-state index in [0.29, 0.717) is 64.9 Å². The first-order valence-corrected chi connectivity index (χ1v) is 13.2. The van der Waals surface area contributed by atoms with Crippen molar-refractivity contribution in [3.05, 3.63) is 77.4 Å². The van der Waals surface area contributed by atoms with Crippen molar-refractivity contribution < 1.29 is 28.6 Å². The van der Waals surface area contributed by atoms with Gasteiger partial charge in [0.1, 0.15) is 13.2 Å². The summed E-state index contributed by atoms with van der Waals surface area (Å²) in [6.45, 7) is 3.73. The smallest absolute Gasteiger partial charge is 0.337 e. The number of esters is 1. The highest BCUT2D eigenvalue weighted by molar-refractivity contribution is 6.37. The van der Waals surface area contributed by atoms with Crippen LogP contribution in [0.5, 0.6) is 11.5 Å². The van der Waals surface area contributed by atoms with Crippen molar-refractivity contribution >= 4 is 46.1 Å². The molecule has 0 fully saturated rings. The predicted molar refractivity (Wildman–Crippen MR) is 157 cm³/mol. The first kappa shape index (κ1) is 27.7. The summed E-state index contributed by atoms with van der Waals surface area (Å²) in [5, 5.41) is 6.30. The maximum atomic E-state index is 13.4. The normalized spacial score (nSPS) is 14.7. The molecule has 0 bridgehead atoms. The molecule has 2 aliphatic rings. The number of carbonyl (C=O) groups excluding carboxylic acids is 3. The van der Waals surface area contributed by atoms with Crippen LogP contribution in [0.25, 0.3) is 11.3 Å². The molecule has 0 saturated heterocycles. The number of carbonyl (C=O) groups is 3. The van der Waals surface area contributed by atoms with Gasteiger partial charge in [-0.25, -0.2) is 4.79 Å². The van der Waals surface area contributed by atoms with E-state index in [-0.39, 0.29) is 11.8 Å². The molecule has 0 atom stereocenters. The molecule has 212 valence electrons. The molecule has 0 aliphatic carbocycles. The maximum absolute atomic E-state index is 13.4. The van der Waals surface area contributed by atoms with Crippen LogP contribution in [-0.2, 0) is 14.3 Å². The third kappa shape index (κ3) is 5.87. The van der Waals surface area contributed by atoms with E-state index in [1.807, 2.05) is 61.5 Å². The Balaban J connectivity index is 1.56. The summed E-state index contributed by atoms with van der Waals surface area (Å²) in [7, 11) is 5.24. The second kappa shape index (κ2) is 11.7. The van der Waals surface area contributed by atoms with Gasteiger partial charge in [0.15, 0.2) is 11.5 Å². The van der Waals surface area contributed by atoms with Crippen molar-refractivity contribution in [3.63, 3.8) is 0 Å². The number of likely N-dealkylation sites (N-methyl/N-ethyl adjacent to an activating group) is 1. The molecule has 2 N–H and O–H groups in total. The molecule has 41 heavy (non-hydrogen) atoms. The minimum absolute atomic E-state index is 0.0443. The van der Waals surface area contributed by atoms with Gasteiger partial charge in [0.05, 0.1) is 29.6 Å². The number of rotatable bonds is 8. The number of nitrogens with zero attached hydrogens (tertiary/aromatic N) is 2. The van der Waals surface area contributed by atoms with Crippen molar-refractivity contribution in [1.82, 2.24) is 4.90 Å². The summed E-state index contributed by atoms with van der Waals surface area (Å²) in [6, 6.07) is 18.0. The summed E-state index contributed by atoms with van der Waals surface area (Å²) in [4.78, 5) is 41.6. The number of fused-ring (bicyclic) bond motifs is 2. The molecule has 0 unspecified atom stereocenters. The molecule has 2 amide bonds. The largest absolute Gasteiger partial charge is 0.486 e. The third-order valence-electron chi connectivity index (χ3n) is 6.87. The van der Waals surface area contributed by atoms with Crippen LogP contribution in [-0.4, -0.2) is 70.2 Å². The van der Waals surface area contributed by atoms with Gasteiger partial charge >= 0.3 is 5.97 Å². The van der Waals surface area contributed by atoms with E-state index < -0.39 is 5.97 Å². The minimum atomic E-state index is -0.491. The van der Waals surface area contributed by atoms with Gasteiger partial charge in [0.2, 0.25) is 5.91 Å². The lowest BCUT2D eigenvalue weighted by Gasteiger charge is -2.24. The Labute approximate surface area is 238 Å². The lowest BCUT2D eigenvalue weighted by atomic mass is 9.98. The number of anilines is 3. The Morgan fingerprint density at radius 3 is 2.32 bits per heavy atom. The van der Waals surface area contributed by atoms with E-state index in [9.17, 15) is 14.4 Å². The second-order valence-corrected chi connectivity index (χ2v) is 9.96. The summed E-state index contributed by atoms with van der Waals surface area (Å²) in [5.74, 6) is 0.367. The maximum Gasteiger partial charge on any atom is 0.337 e. The third-order valence-corrected chi connectivity index (χ3v) is 6.87. The van der Waals surface area contributed by atoms with Crippen molar-refractivity contribution in [1.29, 1.82) is 0 Å². The van der Waals surface area contributed by atoms with Gasteiger partial charge in [0, 0.05) is 42.5 Å². The topological polar surface area (TPSA) is 109 Å². The molecule has 2 aliphatic heterocycles. The number of ether oxygens (including phenoxy) is 3. The number of amides is 2. The van der Waals surface area contributed by atoms with Gasteiger partial charge in [-0.15, -0.1) is 0 Å². The average Bonchev–Trinajstić information content (AvgIpc) is 3.30. The van der Waals surface area contributed by atoms with Crippen LogP contribution in [0.4, 0.5) is 17.1 Å². The van der Waals surface area contributed by atoms with Crippen LogP contribution in [0.1, 0.15) is 28.4 Å². The molecule has 3 aromatic carbocycles. The van der Waals surface area contributed by atoms with Gasteiger partial charge < -0.3 is 34.6 Å². The van der Waals surface area contributed by atoms with Crippen LogP contribution in [0.15, 0.2) is 60.7 Å². The van der Waals surface area contributed by atoms with Gasteiger partial charge in [0.25, 0.3) is 5.91 Å². The van der Waals surface area contributed by atoms with Crippen molar-refractivity contribution in [2.45, 2.75) is 6.92 Å². The fourth-order valence-electron chi connectivity index (χ4n) is 4.78. The lowest BCUT2D eigenvalue weighted by Crippen LogP contribution is -2.35. The van der Waals surface area contributed by atoms with Crippen LogP contribution in [0, 0.1) is 0 Å². The number of hydrogen-bond donors (Lipinski definition) is 2. The average molecular weight is 557 g/mol. The summed E-state index contributed by atoms with van der Waals surface area (Å²) < 4.78 is 16.3. The van der Waals surface area contributed by atoms with E-state index in [2.05, 4.69) is 10.6 Å². The molecular weight excluding hydrogens is 524 g/mol. The van der Waals surface area contributed by atoms with Crippen LogP contribution < -0.4 is 25.0 Å². The first-order chi connectivity index (χ1) is 19.7. The predicted octanol–water partition coefficient (Wildman–Crippen LogP) is 4.09. The van der Waals surface area contributed by atoms with Crippen LogP contribution >= 0.6 is 0 Å². The Kier molecular flexibility index (Phi) is 7.93. The summed E-state index contributed by atoms with van der Waals surface area (Å²) in [6.07, 6.45) is 0. The molecule has 2 heterocycles. The molecular formula is C31H32N4O6. The zero-order valence-corrected chi connectivity index (χ0v) is 23.4. The molecule has 10 nitrogen and oxygen atoms in total. The standard InChI is InChI=1S/C31H32N4O6/c1-19(36)35(14-13-34(2)3)23-9-7-22(8-10-23)32-29(20-6-12-26-27(18-20)41-16-15-40-26)28-24-11-5-21(31(38)39-4)17-25(24)33-30(28)37/h5-12,17-18,32H,13-16H2,1-4H3,(H,33,37)/b29-28-. The zero-order chi connectivity index (χ0) is 29.1. The molecule has 5 rings (SSSR count). The van der Waals surface area contributed by atoms with Crippen molar-refractivity contribution in [2.75, 3.05) is 63.0 Å². The zero-order valence-electron chi connectivity index (χ0n) is 23.4. The van der Waals surface area contributed by atoms with Gasteiger partial charge in [-0.3, -0.25) is 9.59 Å². The Morgan fingerprint density at radius 2 is 1.63 bits per heavy atom. The lowest BCUT2D eigenvalue weighted by molar-refractivity contribution is -0.116. The Hall–Kier alpha value is -4.83. The van der Waals surface area contributed by atoms with E-state index >= 15 is 0 Å². The quantitative estimate of drug-likeness (QED) is 0.316. The fraction of sp³-hybridized carbons (Fsp3) is 0.258. The number of hydrogen-bond acceptors (Lipinski definition) is 8. The first-order valence-electron chi connectivity index (χ1n) is 13.2. The number of methoxy groups -OCH3 is 1. The molecule has 10 heteroatoms. The highest BCUT2D eigenvalue weighted by Crippen LogP contribution is 2.40. The van der Waals surface area contributed by atoms with Gasteiger partial charge in [-0.2, -0.15) is 0 Å². The SMILES string of the molecule is COC(=O)c1ccc2c(c1)NC(=O)/C2=C(\Nc1ccc(N(CCN(C)C)C(C)=O)cc1)c1ccc2c(c1)OCCO2. The monoisotopic (exact) mass is 556 g/mol. The molecule has 0 radical (unpaired) electrons. The molecule has 3 aromatic rings. The molecule has 0 aromatic heterocycles. The number of benzene rings is 3. The van der Waals surface area contributed by atoms with E-state index in [1.165, 1.54) is 7.11 Å². The van der Waals surface area contributed by atoms with E-state index in [4.69, 9.17) is 14.2 Å². The van der Waals surface area contributed by atoms with E-state index in [1.54, 1.807) is 30.0 Å². The van der Waals surface area contributed by atoms with Crippen LogP contribution in [0.2, 0.25) is 0 Å². The van der Waals surface area contributed by atoms with Crippen molar-refractivity contribution in [2.24, 2.45) is 0 Å². The van der Waals surface area contributed by atoms with Crippen molar-refractivity contribution in [3.8, 4) is 11.5 Å². The Bertz CT molecular complexity index is 1530. The highest BCUT2D eigenvalue weighted by atomic mass is 16.6. The summed E-state index contributed by atoms with van der Waals surface area (Å²) in [5.41, 5.74) is 4.65. The fourth-order valence-corrected chi connectivity index (χ4v) is 4.78. The minimum Gasteiger partial charge on any atom is -0.486 e. The molecule has 0 spiro atoms. The Morgan fingerprint density at radius 1 is 0.927 bits per heavy atom. The second-order valence-electron chi connectivity index (χ2n) is 9.96. The van der Waals surface area contributed by atoms with E-state index in [0.717, 1.165) is 17.9 Å². The summed E-state index contributed by atoms with van der Waals surface area (Å²) >= 11 is 0. The highest BCUT2D eigenvalue weighted by Gasteiger charge is 2.30. The van der Waals surface area contributed by atoms with Crippen LogP contribution in [0.3, 0.4) is 0 Å².